The molecule has 0 spiro atoms. The van der Waals surface area contributed by atoms with Crippen LogP contribution in [0.2, 0.25) is 5.02 Å². The Morgan fingerprint density at radius 2 is 2.17 bits per heavy atom. The van der Waals surface area contributed by atoms with Gasteiger partial charge >= 0.3 is 5.97 Å². The largest absolute Gasteiger partial charge is 0.478 e. The first-order valence-electron chi connectivity index (χ1n) is 5.39. The molecule has 0 aliphatic rings. The van der Waals surface area contributed by atoms with E-state index < -0.39 is 5.97 Å². The fraction of sp³-hybridized carbons (Fsp3) is 0.154. The van der Waals surface area contributed by atoms with Gasteiger partial charge in [0.25, 0.3) is 0 Å². The van der Waals surface area contributed by atoms with Crippen LogP contribution < -0.4 is 5.32 Å². The van der Waals surface area contributed by atoms with Gasteiger partial charge in [-0.3, -0.25) is 0 Å². The minimum Gasteiger partial charge on any atom is -0.478 e. The van der Waals surface area contributed by atoms with Crippen molar-refractivity contribution in [2.75, 3.05) is 5.32 Å². The third-order valence-electron chi connectivity index (χ3n) is 2.48. The van der Waals surface area contributed by atoms with Gasteiger partial charge < -0.3 is 10.4 Å². The van der Waals surface area contributed by atoms with Gasteiger partial charge in [-0.15, -0.1) is 11.3 Å². The van der Waals surface area contributed by atoms with E-state index in [1.807, 2.05) is 19.1 Å². The molecular formula is C13H12ClNO2S. The number of benzene rings is 1. The fourth-order valence-electron chi connectivity index (χ4n) is 1.65. The van der Waals surface area contributed by atoms with E-state index in [-0.39, 0.29) is 10.6 Å². The Hall–Kier alpha value is -1.52. The molecule has 0 aliphatic heterocycles. The summed E-state index contributed by atoms with van der Waals surface area (Å²) in [6.07, 6.45) is 0. The maximum absolute atomic E-state index is 11.1. The molecule has 18 heavy (non-hydrogen) atoms. The maximum atomic E-state index is 11.1. The standard InChI is InChI=1S/C13H12ClNO2S/c1-8-5-6-9(18-8)7-15-11-4-2-3-10(14)12(11)13(16)17/h2-6,15H,7H2,1H3,(H,16,17). The van der Waals surface area contributed by atoms with Crippen molar-refractivity contribution in [1.82, 2.24) is 0 Å². The highest BCUT2D eigenvalue weighted by Gasteiger charge is 2.13. The molecule has 3 nitrogen and oxygen atoms in total. The van der Waals surface area contributed by atoms with Crippen LogP contribution in [0.4, 0.5) is 5.69 Å². The molecule has 0 amide bonds. The van der Waals surface area contributed by atoms with Crippen molar-refractivity contribution in [2.45, 2.75) is 13.5 Å². The second-order valence-electron chi connectivity index (χ2n) is 3.83. The number of halogens is 1. The van der Waals surface area contributed by atoms with Crippen LogP contribution in [-0.2, 0) is 6.54 Å². The van der Waals surface area contributed by atoms with Gasteiger partial charge in [-0.2, -0.15) is 0 Å². The lowest BCUT2D eigenvalue weighted by molar-refractivity contribution is 0.0698. The van der Waals surface area contributed by atoms with Crippen molar-refractivity contribution in [3.63, 3.8) is 0 Å². The van der Waals surface area contributed by atoms with Gasteiger partial charge in [0, 0.05) is 16.3 Å². The number of carbonyl (C=O) groups is 1. The first kappa shape index (κ1) is 12.9. The van der Waals surface area contributed by atoms with Crippen LogP contribution in [0.15, 0.2) is 30.3 Å². The fourth-order valence-corrected chi connectivity index (χ4v) is 2.74. The Morgan fingerprint density at radius 1 is 1.39 bits per heavy atom. The molecule has 0 radical (unpaired) electrons. The summed E-state index contributed by atoms with van der Waals surface area (Å²) in [6, 6.07) is 9.09. The van der Waals surface area contributed by atoms with E-state index >= 15 is 0 Å². The quantitative estimate of drug-likeness (QED) is 0.890. The zero-order valence-corrected chi connectivity index (χ0v) is 11.3. The van der Waals surface area contributed by atoms with Crippen LogP contribution >= 0.6 is 22.9 Å². The topological polar surface area (TPSA) is 49.3 Å². The normalized spacial score (nSPS) is 10.3. The summed E-state index contributed by atoms with van der Waals surface area (Å²) in [7, 11) is 0. The van der Waals surface area contributed by atoms with E-state index in [1.165, 1.54) is 4.88 Å². The first-order chi connectivity index (χ1) is 8.58. The van der Waals surface area contributed by atoms with Crippen LogP contribution in [0.25, 0.3) is 0 Å². The number of aromatic carboxylic acids is 1. The van der Waals surface area contributed by atoms with Crippen molar-refractivity contribution in [2.24, 2.45) is 0 Å². The van der Waals surface area contributed by atoms with E-state index in [0.29, 0.717) is 12.2 Å². The number of rotatable bonds is 4. The zero-order chi connectivity index (χ0) is 13.1. The average molecular weight is 282 g/mol. The third-order valence-corrected chi connectivity index (χ3v) is 3.79. The molecule has 94 valence electrons. The van der Waals surface area contributed by atoms with Crippen LogP contribution in [0.1, 0.15) is 20.1 Å². The van der Waals surface area contributed by atoms with Crippen LogP contribution in [-0.4, -0.2) is 11.1 Å². The smallest absolute Gasteiger partial charge is 0.339 e. The number of hydrogen-bond acceptors (Lipinski definition) is 3. The van der Waals surface area contributed by atoms with Gasteiger partial charge in [-0.25, -0.2) is 4.79 Å². The summed E-state index contributed by atoms with van der Waals surface area (Å²) < 4.78 is 0. The van der Waals surface area contributed by atoms with Crippen LogP contribution in [0.3, 0.4) is 0 Å². The molecule has 1 aromatic heterocycles. The van der Waals surface area contributed by atoms with E-state index in [2.05, 4.69) is 5.32 Å². The summed E-state index contributed by atoms with van der Waals surface area (Å²) in [5.41, 5.74) is 0.661. The molecule has 0 saturated heterocycles. The molecule has 0 atom stereocenters. The van der Waals surface area contributed by atoms with Crippen LogP contribution in [0, 0.1) is 6.92 Å². The number of thiophene rings is 1. The Labute approximate surface area is 114 Å². The van der Waals surface area contributed by atoms with E-state index in [0.717, 1.165) is 4.88 Å². The molecule has 1 heterocycles. The highest BCUT2D eigenvalue weighted by molar-refractivity contribution is 7.11. The van der Waals surface area contributed by atoms with Crippen molar-refractivity contribution < 1.29 is 9.90 Å². The first-order valence-corrected chi connectivity index (χ1v) is 6.58. The Kier molecular flexibility index (Phi) is 3.89. The molecule has 0 bridgehead atoms. The summed E-state index contributed by atoms with van der Waals surface area (Å²) in [5, 5.41) is 12.5. The Bertz CT molecular complexity index is 580. The van der Waals surface area contributed by atoms with Gasteiger partial charge in [-0.05, 0) is 31.2 Å². The number of nitrogens with one attached hydrogen (secondary N) is 1. The number of anilines is 1. The third kappa shape index (κ3) is 2.83. The predicted octanol–water partition coefficient (Wildman–Crippen LogP) is 4.02. The van der Waals surface area contributed by atoms with Crippen LogP contribution in [0.5, 0.6) is 0 Å². The van der Waals surface area contributed by atoms with Gasteiger partial charge in [-0.1, -0.05) is 17.7 Å². The maximum Gasteiger partial charge on any atom is 0.339 e. The van der Waals surface area contributed by atoms with Crippen molar-refractivity contribution >= 4 is 34.6 Å². The average Bonchev–Trinajstić information content (AvgIpc) is 2.72. The molecule has 0 aliphatic carbocycles. The van der Waals surface area contributed by atoms with Crippen molar-refractivity contribution in [3.05, 3.63) is 50.7 Å². The zero-order valence-electron chi connectivity index (χ0n) is 9.74. The number of hydrogen-bond donors (Lipinski definition) is 2. The van der Waals surface area contributed by atoms with Gasteiger partial charge in [0.05, 0.1) is 10.7 Å². The molecule has 2 aromatic rings. The lowest BCUT2D eigenvalue weighted by Gasteiger charge is -2.09. The molecule has 2 rings (SSSR count). The highest BCUT2D eigenvalue weighted by Crippen LogP contribution is 2.25. The Balaban J connectivity index is 2.19. The van der Waals surface area contributed by atoms with Gasteiger partial charge in [0.2, 0.25) is 0 Å². The lowest BCUT2D eigenvalue weighted by atomic mass is 10.2. The summed E-state index contributed by atoms with van der Waals surface area (Å²) >= 11 is 7.57. The molecule has 0 fully saturated rings. The Morgan fingerprint density at radius 3 is 2.78 bits per heavy atom. The molecule has 5 heteroatoms. The molecule has 1 aromatic carbocycles. The van der Waals surface area contributed by atoms with Crippen molar-refractivity contribution in [1.29, 1.82) is 0 Å². The summed E-state index contributed by atoms with van der Waals surface area (Å²) in [5.74, 6) is -1.02. The lowest BCUT2D eigenvalue weighted by Crippen LogP contribution is -2.06. The highest BCUT2D eigenvalue weighted by atomic mass is 35.5. The van der Waals surface area contributed by atoms with E-state index in [4.69, 9.17) is 16.7 Å². The molecule has 0 saturated carbocycles. The van der Waals surface area contributed by atoms with E-state index in [9.17, 15) is 4.79 Å². The number of carboxylic acid groups (broad SMARTS) is 1. The number of carboxylic acids is 1. The van der Waals surface area contributed by atoms with Crippen molar-refractivity contribution in [3.8, 4) is 0 Å². The van der Waals surface area contributed by atoms with Gasteiger partial charge in [0.1, 0.15) is 5.56 Å². The SMILES string of the molecule is Cc1ccc(CNc2cccc(Cl)c2C(=O)O)s1. The van der Waals surface area contributed by atoms with Gasteiger partial charge in [0.15, 0.2) is 0 Å². The molecular weight excluding hydrogens is 270 g/mol. The second-order valence-corrected chi connectivity index (χ2v) is 5.61. The monoisotopic (exact) mass is 281 g/mol. The van der Waals surface area contributed by atoms with E-state index in [1.54, 1.807) is 29.5 Å². The molecule has 0 unspecified atom stereocenters. The second kappa shape index (κ2) is 5.42. The molecule has 2 N–H and O–H groups in total. The number of aryl methyl sites for hydroxylation is 1. The summed E-state index contributed by atoms with van der Waals surface area (Å²) in [4.78, 5) is 13.5. The minimum absolute atomic E-state index is 0.118. The summed E-state index contributed by atoms with van der Waals surface area (Å²) in [6.45, 7) is 2.63. The minimum atomic E-state index is -1.02. The predicted molar refractivity (Wildman–Crippen MR) is 74.8 cm³/mol.